The molecule has 2 aliphatic carbocycles. The van der Waals surface area contributed by atoms with E-state index in [1.54, 1.807) is 24.3 Å². The van der Waals surface area contributed by atoms with Crippen LogP contribution in [0.15, 0.2) is 42.5 Å². The normalized spacial score (nSPS) is 19.5. The summed E-state index contributed by atoms with van der Waals surface area (Å²) < 4.78 is 0. The fourth-order valence-corrected chi connectivity index (χ4v) is 4.55. The summed E-state index contributed by atoms with van der Waals surface area (Å²) in [6.45, 7) is 0. The van der Waals surface area contributed by atoms with Gasteiger partial charge in [-0.1, -0.05) is 18.2 Å². The molecule has 0 radical (unpaired) electrons. The van der Waals surface area contributed by atoms with E-state index in [1.807, 2.05) is 18.2 Å². The van der Waals surface area contributed by atoms with Crippen molar-refractivity contribution >= 4 is 11.9 Å². The fraction of sp³-hybridized carbons (Fsp3) is 0.292. The van der Waals surface area contributed by atoms with Gasteiger partial charge >= 0.3 is 5.97 Å². The first kappa shape index (κ1) is 19.5. The van der Waals surface area contributed by atoms with Gasteiger partial charge in [-0.25, -0.2) is 4.79 Å². The number of nitrogens with one attached hydrogen (secondary N) is 2. The van der Waals surface area contributed by atoms with E-state index in [1.165, 1.54) is 0 Å². The Morgan fingerprint density at radius 1 is 1.00 bits per heavy atom. The highest BCUT2D eigenvalue weighted by Gasteiger charge is 2.27. The number of carbonyl (C=O) groups excluding carboxylic acids is 1. The molecule has 0 atom stereocenters. The van der Waals surface area contributed by atoms with Gasteiger partial charge in [-0.3, -0.25) is 9.89 Å². The molecule has 5 rings (SSSR count). The van der Waals surface area contributed by atoms with Crippen LogP contribution in [0.4, 0.5) is 0 Å². The first-order chi connectivity index (χ1) is 15.0. The van der Waals surface area contributed by atoms with Gasteiger partial charge in [0.25, 0.3) is 5.91 Å². The van der Waals surface area contributed by atoms with Crippen LogP contribution in [0.5, 0.6) is 0 Å². The highest BCUT2D eigenvalue weighted by molar-refractivity contribution is 5.97. The van der Waals surface area contributed by atoms with Crippen LogP contribution in [0, 0.1) is 0 Å². The Bertz CT molecular complexity index is 1160. The predicted molar refractivity (Wildman–Crippen MR) is 115 cm³/mol. The summed E-state index contributed by atoms with van der Waals surface area (Å²) in [5.41, 5.74) is 6.57. The molecule has 158 valence electrons. The van der Waals surface area contributed by atoms with Gasteiger partial charge in [0, 0.05) is 34.7 Å². The summed E-state index contributed by atoms with van der Waals surface area (Å²) in [7, 11) is 0. The minimum atomic E-state index is -0.957. The van der Waals surface area contributed by atoms with E-state index in [2.05, 4.69) is 15.5 Å². The Kier molecular flexibility index (Phi) is 4.82. The number of carbonyl (C=O) groups is 2. The molecule has 0 spiro atoms. The number of aliphatic hydroxyl groups excluding tert-OH is 1. The summed E-state index contributed by atoms with van der Waals surface area (Å²) in [4.78, 5) is 23.9. The van der Waals surface area contributed by atoms with Gasteiger partial charge in [-0.05, 0) is 55.5 Å². The summed E-state index contributed by atoms with van der Waals surface area (Å²) in [6.07, 6.45) is 3.51. The molecule has 4 N–H and O–H groups in total. The standard InChI is InChI=1S/C24H23N3O4/c28-18-9-7-17(8-10-18)25-23(29)16-6-5-15-11-20-21(26-27-22(20)19(15)12-16)13-1-3-14(4-2-13)24(30)31/h1-6,12,17-18,28H,7-11H2,(H,25,29)(H,26,27)(H,30,31)/t17-,18-. The lowest BCUT2D eigenvalue weighted by Crippen LogP contribution is -2.38. The van der Waals surface area contributed by atoms with Crippen LogP contribution in [-0.4, -0.2) is 44.4 Å². The van der Waals surface area contributed by atoms with E-state index in [4.69, 9.17) is 5.11 Å². The van der Waals surface area contributed by atoms with Crippen LogP contribution in [0.3, 0.4) is 0 Å². The second-order valence-corrected chi connectivity index (χ2v) is 8.34. The van der Waals surface area contributed by atoms with Crippen LogP contribution < -0.4 is 5.32 Å². The maximum Gasteiger partial charge on any atom is 0.335 e. The monoisotopic (exact) mass is 417 g/mol. The van der Waals surface area contributed by atoms with Crippen molar-refractivity contribution in [2.45, 2.75) is 44.2 Å². The SMILES string of the molecule is O=C(O)c1ccc(-c2n[nH]c3c2Cc2ccc(C(=O)N[C@H]4CC[C@H](O)CC4)cc2-3)cc1. The van der Waals surface area contributed by atoms with Gasteiger partial charge in [0.1, 0.15) is 0 Å². The summed E-state index contributed by atoms with van der Waals surface area (Å²) in [6, 6.07) is 12.5. The molecule has 0 saturated heterocycles. The number of rotatable bonds is 4. The summed E-state index contributed by atoms with van der Waals surface area (Å²) in [5.74, 6) is -1.05. The van der Waals surface area contributed by atoms with Crippen molar-refractivity contribution in [3.63, 3.8) is 0 Å². The van der Waals surface area contributed by atoms with Crippen LogP contribution in [0.2, 0.25) is 0 Å². The number of aromatic nitrogens is 2. The highest BCUT2D eigenvalue weighted by atomic mass is 16.4. The molecule has 0 unspecified atom stereocenters. The molecule has 31 heavy (non-hydrogen) atoms. The Hall–Kier alpha value is -3.45. The minimum Gasteiger partial charge on any atom is -0.478 e. The molecule has 1 heterocycles. The molecular weight excluding hydrogens is 394 g/mol. The minimum absolute atomic E-state index is 0.0957. The third kappa shape index (κ3) is 3.61. The van der Waals surface area contributed by atoms with Crippen molar-refractivity contribution in [1.29, 1.82) is 0 Å². The zero-order valence-corrected chi connectivity index (χ0v) is 16.9. The summed E-state index contributed by atoms with van der Waals surface area (Å²) in [5, 5.41) is 29.4. The molecule has 3 aromatic rings. The number of hydrogen-bond acceptors (Lipinski definition) is 4. The molecule has 7 heteroatoms. The van der Waals surface area contributed by atoms with Crippen molar-refractivity contribution in [1.82, 2.24) is 15.5 Å². The number of fused-ring (bicyclic) bond motifs is 3. The van der Waals surface area contributed by atoms with Crippen molar-refractivity contribution in [3.8, 4) is 22.5 Å². The van der Waals surface area contributed by atoms with Crippen LogP contribution in [0.25, 0.3) is 22.5 Å². The van der Waals surface area contributed by atoms with Crippen molar-refractivity contribution < 1.29 is 19.8 Å². The molecule has 1 saturated carbocycles. The smallest absolute Gasteiger partial charge is 0.335 e. The quantitative estimate of drug-likeness (QED) is 0.406. The Morgan fingerprint density at radius 3 is 2.42 bits per heavy atom. The van der Waals surface area contributed by atoms with E-state index in [0.29, 0.717) is 12.0 Å². The van der Waals surface area contributed by atoms with Crippen LogP contribution in [-0.2, 0) is 6.42 Å². The van der Waals surface area contributed by atoms with E-state index in [0.717, 1.165) is 59.3 Å². The van der Waals surface area contributed by atoms with Crippen LogP contribution in [0.1, 0.15) is 57.5 Å². The maximum atomic E-state index is 12.8. The number of carboxylic acids is 1. The molecule has 0 aliphatic heterocycles. The van der Waals surface area contributed by atoms with Gasteiger partial charge in [0.05, 0.1) is 23.1 Å². The maximum absolute atomic E-state index is 12.8. The lowest BCUT2D eigenvalue weighted by atomic mass is 9.93. The second kappa shape index (κ2) is 7.67. The number of nitrogens with zero attached hydrogens (tertiary/aromatic N) is 1. The Balaban J connectivity index is 1.38. The number of benzene rings is 2. The largest absolute Gasteiger partial charge is 0.478 e. The second-order valence-electron chi connectivity index (χ2n) is 8.34. The Morgan fingerprint density at radius 2 is 1.71 bits per heavy atom. The van der Waals surface area contributed by atoms with E-state index < -0.39 is 5.97 Å². The number of aromatic carboxylic acids is 1. The third-order valence-electron chi connectivity index (χ3n) is 6.31. The molecular formula is C24H23N3O4. The lowest BCUT2D eigenvalue weighted by molar-refractivity contribution is 0.0696. The van der Waals surface area contributed by atoms with E-state index >= 15 is 0 Å². The average molecular weight is 417 g/mol. The van der Waals surface area contributed by atoms with E-state index in [9.17, 15) is 14.7 Å². The molecule has 1 fully saturated rings. The molecule has 1 aromatic heterocycles. The summed E-state index contributed by atoms with van der Waals surface area (Å²) >= 11 is 0. The van der Waals surface area contributed by atoms with Gasteiger partial charge in [-0.15, -0.1) is 0 Å². The Labute approximate surface area is 179 Å². The van der Waals surface area contributed by atoms with Gasteiger partial charge in [0.2, 0.25) is 0 Å². The molecule has 2 aromatic carbocycles. The molecule has 0 bridgehead atoms. The first-order valence-electron chi connectivity index (χ1n) is 10.5. The zero-order chi connectivity index (χ0) is 21.5. The number of amides is 1. The average Bonchev–Trinajstić information content (AvgIpc) is 3.34. The van der Waals surface area contributed by atoms with Gasteiger partial charge in [-0.2, -0.15) is 5.10 Å². The number of aliphatic hydroxyl groups is 1. The predicted octanol–water partition coefficient (Wildman–Crippen LogP) is 3.38. The number of H-pyrrole nitrogens is 1. The van der Waals surface area contributed by atoms with Crippen molar-refractivity contribution in [2.75, 3.05) is 0 Å². The number of carboxylic acid groups (broad SMARTS) is 1. The van der Waals surface area contributed by atoms with Crippen molar-refractivity contribution in [2.24, 2.45) is 0 Å². The molecule has 2 aliphatic rings. The number of hydrogen-bond donors (Lipinski definition) is 4. The van der Waals surface area contributed by atoms with Gasteiger partial charge < -0.3 is 15.5 Å². The first-order valence-corrected chi connectivity index (χ1v) is 10.5. The zero-order valence-electron chi connectivity index (χ0n) is 16.9. The van der Waals surface area contributed by atoms with Crippen LogP contribution >= 0.6 is 0 Å². The lowest BCUT2D eigenvalue weighted by Gasteiger charge is -2.26. The van der Waals surface area contributed by atoms with Crippen molar-refractivity contribution in [3.05, 3.63) is 64.7 Å². The third-order valence-corrected chi connectivity index (χ3v) is 6.31. The number of aromatic amines is 1. The molecule has 7 nitrogen and oxygen atoms in total. The van der Waals surface area contributed by atoms with E-state index in [-0.39, 0.29) is 23.6 Å². The topological polar surface area (TPSA) is 115 Å². The molecule has 1 amide bonds. The van der Waals surface area contributed by atoms with Gasteiger partial charge in [0.15, 0.2) is 0 Å². The fourth-order valence-electron chi connectivity index (χ4n) is 4.55. The highest BCUT2D eigenvalue weighted by Crippen LogP contribution is 2.40.